The summed E-state index contributed by atoms with van der Waals surface area (Å²) in [5, 5.41) is 2.86. The van der Waals surface area contributed by atoms with E-state index in [9.17, 15) is 22.4 Å². The van der Waals surface area contributed by atoms with Crippen molar-refractivity contribution in [2.45, 2.75) is 39.8 Å². The van der Waals surface area contributed by atoms with Crippen LogP contribution >= 0.6 is 0 Å². The smallest absolute Gasteiger partial charge is 0.244 e. The lowest BCUT2D eigenvalue weighted by molar-refractivity contribution is -0.140. The van der Waals surface area contributed by atoms with Gasteiger partial charge in [-0.2, -0.15) is 0 Å². The number of nitrogens with zero attached hydrogens (tertiary/aromatic N) is 2. The van der Waals surface area contributed by atoms with Gasteiger partial charge in [0.05, 0.1) is 19.1 Å². The molecule has 0 saturated heterocycles. The Labute approximate surface area is 207 Å². The zero-order valence-corrected chi connectivity index (χ0v) is 21.6. The van der Waals surface area contributed by atoms with Gasteiger partial charge in [-0.05, 0) is 48.2 Å². The van der Waals surface area contributed by atoms with Gasteiger partial charge in [0.25, 0.3) is 0 Å². The van der Waals surface area contributed by atoms with Crippen LogP contribution in [-0.4, -0.2) is 57.6 Å². The molecule has 0 aromatic heterocycles. The fraction of sp³-hybridized carbons (Fsp3) is 0.440. The molecule has 192 valence electrons. The predicted molar refractivity (Wildman–Crippen MR) is 134 cm³/mol. The Morgan fingerprint density at radius 1 is 1.11 bits per heavy atom. The van der Waals surface area contributed by atoms with Crippen molar-refractivity contribution in [1.29, 1.82) is 0 Å². The van der Waals surface area contributed by atoms with Crippen LogP contribution in [0, 0.1) is 11.7 Å². The molecule has 1 N–H and O–H groups in total. The number of amides is 2. The van der Waals surface area contributed by atoms with Crippen molar-refractivity contribution in [3.8, 4) is 5.75 Å². The van der Waals surface area contributed by atoms with Crippen LogP contribution in [0.2, 0.25) is 0 Å². The minimum atomic E-state index is -3.92. The zero-order valence-electron chi connectivity index (χ0n) is 20.8. The van der Waals surface area contributed by atoms with Crippen LogP contribution in [0.5, 0.6) is 5.75 Å². The molecular weight excluding hydrogens is 473 g/mol. The number of benzene rings is 2. The Morgan fingerprint density at radius 3 is 2.29 bits per heavy atom. The summed E-state index contributed by atoms with van der Waals surface area (Å²) in [7, 11) is -2.37. The summed E-state index contributed by atoms with van der Waals surface area (Å²) in [4.78, 5) is 27.9. The van der Waals surface area contributed by atoms with Gasteiger partial charge in [0.15, 0.2) is 0 Å². The second-order valence-electron chi connectivity index (χ2n) is 8.68. The average molecular weight is 508 g/mol. The summed E-state index contributed by atoms with van der Waals surface area (Å²) in [6.07, 6.45) is 1.27. The fourth-order valence-electron chi connectivity index (χ4n) is 3.51. The van der Waals surface area contributed by atoms with E-state index >= 15 is 0 Å². The highest BCUT2D eigenvalue weighted by atomic mass is 32.2. The summed E-state index contributed by atoms with van der Waals surface area (Å²) in [6.45, 7) is 5.66. The molecule has 2 rings (SSSR count). The number of nitrogens with one attached hydrogen (secondary N) is 1. The van der Waals surface area contributed by atoms with E-state index in [0.717, 1.165) is 22.2 Å². The van der Waals surface area contributed by atoms with Gasteiger partial charge in [-0.15, -0.1) is 0 Å². The first-order valence-corrected chi connectivity index (χ1v) is 13.2. The molecular formula is C25H34FN3O5S. The van der Waals surface area contributed by atoms with Crippen molar-refractivity contribution in [1.82, 2.24) is 10.2 Å². The highest BCUT2D eigenvalue weighted by molar-refractivity contribution is 7.92. The number of anilines is 1. The SMILES string of the molecule is CC[C@H](C(=O)NCC(C)C)N(Cc1ccc(OC)cc1)C(=O)CN(c1cccc(F)c1)S(C)(=O)=O. The normalized spacial score (nSPS) is 12.2. The topological polar surface area (TPSA) is 96.0 Å². The van der Waals surface area contributed by atoms with Crippen molar-refractivity contribution < 1.29 is 27.1 Å². The van der Waals surface area contributed by atoms with Gasteiger partial charge in [0, 0.05) is 13.1 Å². The number of sulfonamides is 1. The van der Waals surface area contributed by atoms with E-state index in [2.05, 4.69) is 5.32 Å². The van der Waals surface area contributed by atoms with Crippen LogP contribution < -0.4 is 14.4 Å². The van der Waals surface area contributed by atoms with Crippen LogP contribution in [0.4, 0.5) is 10.1 Å². The molecule has 35 heavy (non-hydrogen) atoms. The molecule has 8 nitrogen and oxygen atoms in total. The first kappa shape index (κ1) is 28.1. The van der Waals surface area contributed by atoms with Gasteiger partial charge in [-0.1, -0.05) is 39.0 Å². The molecule has 2 aromatic rings. The molecule has 2 amide bonds. The monoisotopic (exact) mass is 507 g/mol. The lowest BCUT2D eigenvalue weighted by Gasteiger charge is -2.33. The van der Waals surface area contributed by atoms with Crippen LogP contribution in [0.25, 0.3) is 0 Å². The standard InChI is InChI=1S/C25H34FN3O5S/c1-6-23(25(31)27-15-18(2)3)28(16-19-10-12-22(34-4)13-11-19)24(30)17-29(35(5,32)33)21-9-7-8-20(26)14-21/h7-14,18,23H,6,15-17H2,1-5H3,(H,27,31)/t23-/m1/s1. The van der Waals surface area contributed by atoms with E-state index in [-0.39, 0.29) is 24.1 Å². The third kappa shape index (κ3) is 8.24. The Hall–Kier alpha value is -3.14. The molecule has 10 heteroatoms. The molecule has 0 aliphatic rings. The second kappa shape index (κ2) is 12.5. The minimum Gasteiger partial charge on any atom is -0.497 e. The number of carbonyl (C=O) groups excluding carboxylic acids is 2. The number of rotatable bonds is 12. The third-order valence-electron chi connectivity index (χ3n) is 5.36. The Bertz CT molecular complexity index is 1110. The molecule has 1 atom stereocenters. The second-order valence-corrected chi connectivity index (χ2v) is 10.6. The number of carbonyl (C=O) groups is 2. The molecule has 0 aliphatic carbocycles. The minimum absolute atomic E-state index is 0.0301. The van der Waals surface area contributed by atoms with Crippen molar-refractivity contribution in [2.75, 3.05) is 30.8 Å². The molecule has 0 heterocycles. The van der Waals surface area contributed by atoms with E-state index in [0.29, 0.717) is 18.7 Å². The number of hydrogen-bond acceptors (Lipinski definition) is 5. The van der Waals surface area contributed by atoms with Crippen LogP contribution in [0.3, 0.4) is 0 Å². The lowest BCUT2D eigenvalue weighted by atomic mass is 10.1. The predicted octanol–water partition coefficient (Wildman–Crippen LogP) is 3.18. The van der Waals surface area contributed by atoms with Crippen LogP contribution in [0.1, 0.15) is 32.8 Å². The Morgan fingerprint density at radius 2 is 1.77 bits per heavy atom. The third-order valence-corrected chi connectivity index (χ3v) is 6.50. The van der Waals surface area contributed by atoms with Gasteiger partial charge in [-0.25, -0.2) is 12.8 Å². The first-order valence-electron chi connectivity index (χ1n) is 11.4. The zero-order chi connectivity index (χ0) is 26.2. The number of ether oxygens (including phenoxy) is 1. The quantitative estimate of drug-likeness (QED) is 0.476. The van der Waals surface area contributed by atoms with E-state index in [1.807, 2.05) is 13.8 Å². The van der Waals surface area contributed by atoms with Crippen molar-refractivity contribution in [3.05, 3.63) is 59.9 Å². The molecule has 0 fully saturated rings. The maximum Gasteiger partial charge on any atom is 0.244 e. The Kier molecular flexibility index (Phi) is 10.1. The van der Waals surface area contributed by atoms with Crippen LogP contribution in [0.15, 0.2) is 48.5 Å². The molecule has 0 saturated carbocycles. The van der Waals surface area contributed by atoms with Crippen LogP contribution in [-0.2, 0) is 26.2 Å². The molecule has 0 bridgehead atoms. The average Bonchev–Trinajstić information content (AvgIpc) is 2.80. The fourth-order valence-corrected chi connectivity index (χ4v) is 4.36. The van der Waals surface area contributed by atoms with Crippen molar-refractivity contribution >= 4 is 27.5 Å². The van der Waals surface area contributed by atoms with Gasteiger partial charge in [-0.3, -0.25) is 13.9 Å². The molecule has 0 unspecified atom stereocenters. The van der Waals surface area contributed by atoms with Crippen molar-refractivity contribution in [2.24, 2.45) is 5.92 Å². The molecule has 0 spiro atoms. The summed E-state index contributed by atoms with van der Waals surface area (Å²) in [6, 6.07) is 11.2. The van der Waals surface area contributed by atoms with Gasteiger partial charge in [0.1, 0.15) is 24.2 Å². The highest BCUT2D eigenvalue weighted by Crippen LogP contribution is 2.21. The lowest BCUT2D eigenvalue weighted by Crippen LogP contribution is -2.52. The van der Waals surface area contributed by atoms with E-state index in [1.165, 1.54) is 23.1 Å². The van der Waals surface area contributed by atoms with E-state index in [1.54, 1.807) is 38.3 Å². The molecule has 0 aliphatic heterocycles. The molecule has 0 radical (unpaired) electrons. The van der Waals surface area contributed by atoms with E-state index < -0.39 is 34.3 Å². The largest absolute Gasteiger partial charge is 0.497 e. The van der Waals surface area contributed by atoms with Gasteiger partial charge < -0.3 is 15.0 Å². The Balaban J connectivity index is 2.41. The summed E-state index contributed by atoms with van der Waals surface area (Å²) < 4.78 is 44.9. The highest BCUT2D eigenvalue weighted by Gasteiger charge is 2.31. The van der Waals surface area contributed by atoms with Gasteiger partial charge in [0.2, 0.25) is 21.8 Å². The maximum atomic E-state index is 13.8. The number of halogens is 1. The first-order chi connectivity index (χ1) is 16.5. The summed E-state index contributed by atoms with van der Waals surface area (Å²) in [5.41, 5.74) is 0.772. The molecule has 2 aromatic carbocycles. The maximum absolute atomic E-state index is 13.8. The van der Waals surface area contributed by atoms with Gasteiger partial charge >= 0.3 is 0 Å². The number of hydrogen-bond donors (Lipinski definition) is 1. The summed E-state index contributed by atoms with van der Waals surface area (Å²) in [5.74, 6) is -0.668. The van der Waals surface area contributed by atoms with E-state index in [4.69, 9.17) is 4.74 Å². The summed E-state index contributed by atoms with van der Waals surface area (Å²) >= 11 is 0. The van der Waals surface area contributed by atoms with Crippen molar-refractivity contribution in [3.63, 3.8) is 0 Å². The number of methoxy groups -OCH3 is 1.